The molecule has 0 aliphatic carbocycles. The molecule has 0 spiro atoms. The number of nitro groups is 1. The fourth-order valence-corrected chi connectivity index (χ4v) is 3.21. The van der Waals surface area contributed by atoms with Crippen LogP contribution < -0.4 is 4.90 Å². The van der Waals surface area contributed by atoms with E-state index in [4.69, 9.17) is 0 Å². The Balaban J connectivity index is 2.01. The maximum Gasteiger partial charge on any atom is 0.293 e. The van der Waals surface area contributed by atoms with Crippen LogP contribution in [0, 0.1) is 10.1 Å². The lowest BCUT2D eigenvalue weighted by Crippen LogP contribution is -2.23. The summed E-state index contributed by atoms with van der Waals surface area (Å²) in [7, 11) is 0. The Morgan fingerprint density at radius 3 is 2.95 bits per heavy atom. The van der Waals surface area contributed by atoms with Crippen molar-refractivity contribution < 1.29 is 4.92 Å². The summed E-state index contributed by atoms with van der Waals surface area (Å²) in [5.41, 5.74) is 1.92. The number of hydrogen-bond donors (Lipinski definition) is 0. The highest BCUT2D eigenvalue weighted by Crippen LogP contribution is 2.40. The molecule has 1 unspecified atom stereocenters. The largest absolute Gasteiger partial charge is 0.359 e. The van der Waals surface area contributed by atoms with Gasteiger partial charge in [0.05, 0.1) is 11.0 Å². The van der Waals surface area contributed by atoms with E-state index in [0.717, 1.165) is 29.4 Å². The van der Waals surface area contributed by atoms with Crippen molar-refractivity contribution in [1.29, 1.82) is 0 Å². The lowest BCUT2D eigenvalue weighted by atomic mass is 10.1. The van der Waals surface area contributed by atoms with Crippen LogP contribution in [0.5, 0.6) is 0 Å². The molecule has 0 amide bonds. The topological polar surface area (TPSA) is 59.3 Å². The highest BCUT2D eigenvalue weighted by molar-refractivity contribution is 9.10. The number of nitro benzene ring substituents is 1. The number of benzene rings is 1. The molecule has 1 aromatic heterocycles. The molecule has 0 saturated carbocycles. The van der Waals surface area contributed by atoms with Crippen molar-refractivity contribution in [2.75, 3.05) is 11.4 Å². The van der Waals surface area contributed by atoms with Gasteiger partial charge in [0.2, 0.25) is 0 Å². The van der Waals surface area contributed by atoms with Crippen LogP contribution in [0.4, 0.5) is 11.4 Å². The standard InChI is InChI=1S/C15H14BrN3O2/c16-12-5-6-14(15(9-12)19(20)21)18-8-2-4-13(18)11-3-1-7-17-10-11/h1,3,5-7,9-10,13H,2,4,8H2. The molecular weight excluding hydrogens is 334 g/mol. The maximum absolute atomic E-state index is 11.3. The van der Waals surface area contributed by atoms with Crippen LogP contribution in [0.1, 0.15) is 24.4 Å². The van der Waals surface area contributed by atoms with Gasteiger partial charge in [0.1, 0.15) is 5.69 Å². The average Bonchev–Trinajstić information content (AvgIpc) is 2.97. The maximum atomic E-state index is 11.3. The molecular formula is C15H14BrN3O2. The van der Waals surface area contributed by atoms with Crippen molar-refractivity contribution >= 4 is 27.3 Å². The fourth-order valence-electron chi connectivity index (χ4n) is 2.86. The zero-order valence-corrected chi connectivity index (χ0v) is 12.9. The normalized spacial score (nSPS) is 18.0. The lowest BCUT2D eigenvalue weighted by molar-refractivity contribution is -0.384. The Morgan fingerprint density at radius 2 is 2.24 bits per heavy atom. The van der Waals surface area contributed by atoms with Crippen molar-refractivity contribution in [1.82, 2.24) is 4.98 Å². The highest BCUT2D eigenvalue weighted by Gasteiger charge is 2.30. The summed E-state index contributed by atoms with van der Waals surface area (Å²) in [6, 6.07) is 9.31. The molecule has 0 radical (unpaired) electrons. The van der Waals surface area contributed by atoms with E-state index in [1.807, 2.05) is 30.5 Å². The first-order valence-electron chi connectivity index (χ1n) is 6.77. The van der Waals surface area contributed by atoms with Gasteiger partial charge in [-0.05, 0) is 36.6 Å². The molecule has 1 aromatic carbocycles. The second kappa shape index (κ2) is 5.81. The molecule has 0 N–H and O–H groups in total. The Kier molecular flexibility index (Phi) is 3.88. The fraction of sp³-hybridized carbons (Fsp3) is 0.267. The molecule has 21 heavy (non-hydrogen) atoms. The van der Waals surface area contributed by atoms with Crippen LogP contribution in [0.25, 0.3) is 0 Å². The number of pyridine rings is 1. The molecule has 6 heteroatoms. The number of rotatable bonds is 3. The summed E-state index contributed by atoms with van der Waals surface area (Å²) in [5, 5.41) is 11.3. The molecule has 1 atom stereocenters. The molecule has 2 aromatic rings. The quantitative estimate of drug-likeness (QED) is 0.619. The van der Waals surface area contributed by atoms with Crippen LogP contribution in [0.15, 0.2) is 47.2 Å². The molecule has 108 valence electrons. The number of hydrogen-bond acceptors (Lipinski definition) is 4. The summed E-state index contributed by atoms with van der Waals surface area (Å²) < 4.78 is 0.718. The third-order valence-corrected chi connectivity index (χ3v) is 4.26. The van der Waals surface area contributed by atoms with Gasteiger partial charge in [-0.25, -0.2) is 0 Å². The van der Waals surface area contributed by atoms with Crippen LogP contribution in [0.3, 0.4) is 0 Å². The van der Waals surface area contributed by atoms with Crippen molar-refractivity contribution in [2.45, 2.75) is 18.9 Å². The predicted molar refractivity (Wildman–Crippen MR) is 84.4 cm³/mol. The van der Waals surface area contributed by atoms with Gasteiger partial charge in [0.25, 0.3) is 5.69 Å². The van der Waals surface area contributed by atoms with Gasteiger partial charge in [-0.1, -0.05) is 22.0 Å². The van der Waals surface area contributed by atoms with E-state index in [2.05, 4.69) is 25.8 Å². The van der Waals surface area contributed by atoms with Crippen molar-refractivity contribution in [3.05, 3.63) is 62.9 Å². The summed E-state index contributed by atoms with van der Waals surface area (Å²) in [6.45, 7) is 0.821. The summed E-state index contributed by atoms with van der Waals surface area (Å²) in [4.78, 5) is 17.3. The Bertz CT molecular complexity index is 663. The van der Waals surface area contributed by atoms with Gasteiger partial charge < -0.3 is 4.90 Å². The second-order valence-electron chi connectivity index (χ2n) is 5.03. The number of nitrogens with zero attached hydrogens (tertiary/aromatic N) is 3. The minimum Gasteiger partial charge on any atom is -0.359 e. The third-order valence-electron chi connectivity index (χ3n) is 3.77. The summed E-state index contributed by atoms with van der Waals surface area (Å²) in [6.07, 6.45) is 5.59. The molecule has 2 heterocycles. The third kappa shape index (κ3) is 2.76. The first-order chi connectivity index (χ1) is 10.2. The molecule has 1 aliphatic rings. The summed E-state index contributed by atoms with van der Waals surface area (Å²) >= 11 is 3.30. The van der Waals surface area contributed by atoms with Crippen molar-refractivity contribution in [2.24, 2.45) is 0 Å². The lowest BCUT2D eigenvalue weighted by Gasteiger charge is -2.26. The van der Waals surface area contributed by atoms with E-state index in [0.29, 0.717) is 5.69 Å². The van der Waals surface area contributed by atoms with E-state index in [1.54, 1.807) is 12.3 Å². The Morgan fingerprint density at radius 1 is 1.38 bits per heavy atom. The zero-order valence-electron chi connectivity index (χ0n) is 11.3. The van der Waals surface area contributed by atoms with Gasteiger partial charge in [-0.2, -0.15) is 0 Å². The molecule has 1 fully saturated rings. The minimum absolute atomic E-state index is 0.139. The van der Waals surface area contributed by atoms with Crippen molar-refractivity contribution in [3.63, 3.8) is 0 Å². The van der Waals surface area contributed by atoms with E-state index in [-0.39, 0.29) is 16.7 Å². The smallest absolute Gasteiger partial charge is 0.293 e. The Labute approximate surface area is 130 Å². The van der Waals surface area contributed by atoms with Crippen LogP contribution in [0.2, 0.25) is 0 Å². The van der Waals surface area contributed by atoms with Gasteiger partial charge in [-0.3, -0.25) is 15.1 Å². The minimum atomic E-state index is -0.321. The predicted octanol–water partition coefficient (Wildman–Crippen LogP) is 4.09. The zero-order chi connectivity index (χ0) is 14.8. The molecule has 3 rings (SSSR count). The monoisotopic (exact) mass is 347 g/mol. The van der Waals surface area contributed by atoms with E-state index >= 15 is 0 Å². The molecule has 5 nitrogen and oxygen atoms in total. The SMILES string of the molecule is O=[N+]([O-])c1cc(Br)ccc1N1CCCC1c1cccnc1. The molecule has 1 saturated heterocycles. The van der Waals surface area contributed by atoms with Crippen LogP contribution >= 0.6 is 15.9 Å². The summed E-state index contributed by atoms with van der Waals surface area (Å²) in [5.74, 6) is 0. The number of anilines is 1. The Hall–Kier alpha value is -1.95. The first kappa shape index (κ1) is 14.0. The molecule has 1 aliphatic heterocycles. The second-order valence-corrected chi connectivity index (χ2v) is 5.94. The van der Waals surface area contributed by atoms with E-state index < -0.39 is 0 Å². The van der Waals surface area contributed by atoms with Gasteiger partial charge in [0, 0.05) is 29.5 Å². The first-order valence-corrected chi connectivity index (χ1v) is 7.56. The molecule has 0 bridgehead atoms. The van der Waals surface area contributed by atoms with Crippen LogP contribution in [-0.4, -0.2) is 16.5 Å². The highest BCUT2D eigenvalue weighted by atomic mass is 79.9. The van der Waals surface area contributed by atoms with E-state index in [9.17, 15) is 10.1 Å². The average molecular weight is 348 g/mol. The van der Waals surface area contributed by atoms with Gasteiger partial charge in [-0.15, -0.1) is 0 Å². The van der Waals surface area contributed by atoms with Crippen LogP contribution in [-0.2, 0) is 0 Å². The number of halogens is 1. The number of aromatic nitrogens is 1. The van der Waals surface area contributed by atoms with Gasteiger partial charge in [0.15, 0.2) is 0 Å². The van der Waals surface area contributed by atoms with E-state index in [1.165, 1.54) is 0 Å². The van der Waals surface area contributed by atoms with Crippen molar-refractivity contribution in [3.8, 4) is 0 Å². The van der Waals surface area contributed by atoms with Gasteiger partial charge >= 0.3 is 0 Å².